The molecule has 1 aromatic carbocycles. The van der Waals surface area contributed by atoms with Crippen LogP contribution in [0.3, 0.4) is 0 Å². The molecule has 1 N–H and O–H groups in total. The lowest BCUT2D eigenvalue weighted by atomic mass is 10.2. The van der Waals surface area contributed by atoms with Gasteiger partial charge in [-0.15, -0.1) is 0 Å². The molecule has 6 heteroatoms. The normalized spacial score (nSPS) is 10.5. The van der Waals surface area contributed by atoms with E-state index >= 15 is 0 Å². The topological polar surface area (TPSA) is 24.9 Å². The van der Waals surface area contributed by atoms with Gasteiger partial charge in [0, 0.05) is 6.20 Å². The zero-order valence-electron chi connectivity index (χ0n) is 9.27. The minimum Gasteiger partial charge on any atom is -0.337 e. The number of rotatable bonds is 2. The lowest BCUT2D eigenvalue weighted by molar-refractivity contribution is 0.449. The van der Waals surface area contributed by atoms with E-state index in [1.807, 2.05) is 6.92 Å². The van der Waals surface area contributed by atoms with Crippen molar-refractivity contribution < 1.29 is 13.2 Å². The fourth-order valence-electron chi connectivity index (χ4n) is 1.38. The SMILES string of the molecule is Cc1cnc(Nc2ccc(F)c(F)c2F)c(Br)c1. The maximum absolute atomic E-state index is 13.4. The molecule has 0 aliphatic heterocycles. The Morgan fingerprint density at radius 2 is 1.89 bits per heavy atom. The third-order valence-corrected chi connectivity index (χ3v) is 2.87. The van der Waals surface area contributed by atoms with Crippen molar-refractivity contribution in [2.24, 2.45) is 0 Å². The summed E-state index contributed by atoms with van der Waals surface area (Å²) in [5, 5.41) is 2.60. The van der Waals surface area contributed by atoms with Crippen LogP contribution in [-0.4, -0.2) is 4.98 Å². The Kier molecular flexibility index (Phi) is 3.56. The van der Waals surface area contributed by atoms with Gasteiger partial charge in [0.05, 0.1) is 10.2 Å². The van der Waals surface area contributed by atoms with E-state index in [9.17, 15) is 13.2 Å². The van der Waals surface area contributed by atoms with Crippen LogP contribution in [0.1, 0.15) is 5.56 Å². The monoisotopic (exact) mass is 316 g/mol. The largest absolute Gasteiger partial charge is 0.337 e. The highest BCUT2D eigenvalue weighted by Crippen LogP contribution is 2.27. The predicted octanol–water partition coefficient (Wildman–Crippen LogP) is 4.31. The molecule has 0 saturated carbocycles. The molecule has 0 saturated heterocycles. The molecule has 2 aromatic rings. The van der Waals surface area contributed by atoms with Gasteiger partial charge < -0.3 is 5.32 Å². The Bertz CT molecular complexity index is 602. The quantitative estimate of drug-likeness (QED) is 0.835. The molecule has 0 aliphatic rings. The summed E-state index contributed by atoms with van der Waals surface area (Å²) in [5.74, 6) is -3.69. The minimum absolute atomic E-state index is 0.175. The number of anilines is 2. The number of benzene rings is 1. The number of hydrogen-bond acceptors (Lipinski definition) is 2. The van der Waals surface area contributed by atoms with Crippen LogP contribution >= 0.6 is 15.9 Å². The summed E-state index contributed by atoms with van der Waals surface area (Å²) in [6, 6.07) is 3.73. The fourth-order valence-corrected chi connectivity index (χ4v) is 1.94. The standard InChI is InChI=1S/C12H8BrF3N2/c1-6-4-7(13)12(17-5-6)18-9-3-2-8(14)10(15)11(9)16/h2-5H,1H3,(H,17,18). The van der Waals surface area contributed by atoms with Gasteiger partial charge in [-0.25, -0.2) is 18.2 Å². The minimum atomic E-state index is -1.51. The van der Waals surface area contributed by atoms with Crippen molar-refractivity contribution in [3.05, 3.63) is 51.9 Å². The zero-order valence-corrected chi connectivity index (χ0v) is 10.9. The van der Waals surface area contributed by atoms with Crippen molar-refractivity contribution in [2.45, 2.75) is 6.92 Å². The number of aryl methyl sites for hydroxylation is 1. The van der Waals surface area contributed by atoms with E-state index in [-0.39, 0.29) is 5.69 Å². The Labute approximate surface area is 110 Å². The molecular weight excluding hydrogens is 309 g/mol. The molecule has 18 heavy (non-hydrogen) atoms. The maximum atomic E-state index is 13.4. The average molecular weight is 317 g/mol. The number of nitrogens with one attached hydrogen (secondary N) is 1. The van der Waals surface area contributed by atoms with Crippen molar-refractivity contribution in [3.8, 4) is 0 Å². The molecule has 2 nitrogen and oxygen atoms in total. The highest BCUT2D eigenvalue weighted by molar-refractivity contribution is 9.10. The third-order valence-electron chi connectivity index (χ3n) is 2.27. The summed E-state index contributed by atoms with van der Waals surface area (Å²) >= 11 is 3.25. The Hall–Kier alpha value is -1.56. The molecule has 0 atom stereocenters. The lowest BCUT2D eigenvalue weighted by Crippen LogP contribution is -2.01. The summed E-state index contributed by atoms with van der Waals surface area (Å²) in [6.07, 6.45) is 1.57. The fraction of sp³-hybridized carbons (Fsp3) is 0.0833. The van der Waals surface area contributed by atoms with Gasteiger partial charge >= 0.3 is 0 Å². The average Bonchev–Trinajstić information content (AvgIpc) is 2.33. The van der Waals surface area contributed by atoms with Gasteiger partial charge in [-0.05, 0) is 46.6 Å². The lowest BCUT2D eigenvalue weighted by Gasteiger charge is -2.09. The third kappa shape index (κ3) is 2.48. The van der Waals surface area contributed by atoms with Crippen LogP contribution in [-0.2, 0) is 0 Å². The molecule has 0 radical (unpaired) electrons. The Balaban J connectivity index is 2.37. The van der Waals surface area contributed by atoms with E-state index in [4.69, 9.17) is 0 Å². The highest BCUT2D eigenvalue weighted by atomic mass is 79.9. The predicted molar refractivity (Wildman–Crippen MR) is 66.3 cm³/mol. The number of halogens is 4. The smallest absolute Gasteiger partial charge is 0.196 e. The summed E-state index contributed by atoms with van der Waals surface area (Å²) in [7, 11) is 0. The van der Waals surface area contributed by atoms with Crippen LogP contribution in [0.25, 0.3) is 0 Å². The molecule has 1 heterocycles. The summed E-state index contributed by atoms with van der Waals surface area (Å²) < 4.78 is 39.8. The molecule has 0 unspecified atom stereocenters. The van der Waals surface area contributed by atoms with Crippen molar-refractivity contribution in [1.29, 1.82) is 0 Å². The van der Waals surface area contributed by atoms with Gasteiger partial charge in [-0.1, -0.05) is 0 Å². The number of pyridine rings is 1. The van der Waals surface area contributed by atoms with Crippen LogP contribution in [0.5, 0.6) is 0 Å². The van der Waals surface area contributed by atoms with Gasteiger partial charge in [-0.3, -0.25) is 0 Å². The molecule has 2 rings (SSSR count). The molecule has 0 aliphatic carbocycles. The second kappa shape index (κ2) is 4.97. The Morgan fingerprint density at radius 1 is 1.17 bits per heavy atom. The maximum Gasteiger partial charge on any atom is 0.196 e. The van der Waals surface area contributed by atoms with E-state index in [1.165, 1.54) is 0 Å². The number of aromatic nitrogens is 1. The summed E-state index contributed by atoms with van der Waals surface area (Å²) in [5.41, 5.74) is 0.740. The van der Waals surface area contributed by atoms with Crippen molar-refractivity contribution in [1.82, 2.24) is 4.98 Å². The molecule has 0 amide bonds. The van der Waals surface area contributed by atoms with Crippen molar-refractivity contribution in [3.63, 3.8) is 0 Å². The van der Waals surface area contributed by atoms with Gasteiger partial charge in [-0.2, -0.15) is 0 Å². The molecule has 0 bridgehead atoms. The van der Waals surface area contributed by atoms with E-state index in [1.54, 1.807) is 12.3 Å². The second-order valence-electron chi connectivity index (χ2n) is 3.69. The van der Waals surface area contributed by atoms with E-state index in [0.717, 1.165) is 17.7 Å². The van der Waals surface area contributed by atoms with Crippen LogP contribution in [0.4, 0.5) is 24.7 Å². The van der Waals surface area contributed by atoms with E-state index in [2.05, 4.69) is 26.2 Å². The van der Waals surface area contributed by atoms with Gasteiger partial charge in [0.1, 0.15) is 5.82 Å². The van der Waals surface area contributed by atoms with Crippen LogP contribution in [0.2, 0.25) is 0 Å². The number of hydrogen-bond donors (Lipinski definition) is 1. The molecule has 0 spiro atoms. The number of nitrogens with zero attached hydrogens (tertiary/aromatic N) is 1. The zero-order chi connectivity index (χ0) is 13.3. The van der Waals surface area contributed by atoms with Crippen LogP contribution < -0.4 is 5.32 Å². The van der Waals surface area contributed by atoms with Crippen molar-refractivity contribution in [2.75, 3.05) is 5.32 Å². The summed E-state index contributed by atoms with van der Waals surface area (Å²) in [6.45, 7) is 1.85. The first-order chi connectivity index (χ1) is 8.49. The molecular formula is C12H8BrF3N2. The first-order valence-corrected chi connectivity index (χ1v) is 5.81. The molecule has 0 fully saturated rings. The van der Waals surface area contributed by atoms with E-state index in [0.29, 0.717) is 10.3 Å². The second-order valence-corrected chi connectivity index (χ2v) is 4.55. The van der Waals surface area contributed by atoms with E-state index < -0.39 is 17.5 Å². The van der Waals surface area contributed by atoms with Gasteiger partial charge in [0.15, 0.2) is 17.5 Å². The Morgan fingerprint density at radius 3 is 2.56 bits per heavy atom. The van der Waals surface area contributed by atoms with Crippen LogP contribution in [0, 0.1) is 24.4 Å². The van der Waals surface area contributed by atoms with Gasteiger partial charge in [0.2, 0.25) is 0 Å². The first kappa shape index (κ1) is 12.9. The molecule has 94 valence electrons. The van der Waals surface area contributed by atoms with Crippen molar-refractivity contribution >= 4 is 27.4 Å². The summed E-state index contributed by atoms with van der Waals surface area (Å²) in [4.78, 5) is 4.03. The van der Waals surface area contributed by atoms with Gasteiger partial charge in [0.25, 0.3) is 0 Å². The molecule has 1 aromatic heterocycles. The van der Waals surface area contributed by atoms with Crippen LogP contribution in [0.15, 0.2) is 28.9 Å². The highest BCUT2D eigenvalue weighted by Gasteiger charge is 2.14. The first-order valence-electron chi connectivity index (χ1n) is 5.01.